The number of nitrogens with one attached hydrogen (secondary N) is 1. The van der Waals surface area contributed by atoms with Crippen molar-refractivity contribution in [3.63, 3.8) is 0 Å². The molecule has 1 fully saturated rings. The van der Waals surface area contributed by atoms with Gasteiger partial charge < -0.3 is 16.0 Å². The first-order valence-corrected chi connectivity index (χ1v) is 6.33. The van der Waals surface area contributed by atoms with E-state index in [9.17, 15) is 18.0 Å². The van der Waals surface area contributed by atoms with Crippen molar-refractivity contribution in [1.29, 1.82) is 0 Å². The number of carbonyl (C=O) groups is 1. The van der Waals surface area contributed by atoms with Crippen molar-refractivity contribution in [2.24, 2.45) is 0 Å². The van der Waals surface area contributed by atoms with Gasteiger partial charge in [-0.15, -0.1) is 0 Å². The van der Waals surface area contributed by atoms with E-state index in [0.29, 0.717) is 29.4 Å². The van der Waals surface area contributed by atoms with Crippen molar-refractivity contribution in [3.8, 4) is 0 Å². The van der Waals surface area contributed by atoms with Crippen LogP contribution in [0.25, 0.3) is 0 Å². The molecule has 1 saturated heterocycles. The number of alkyl halides is 3. The van der Waals surface area contributed by atoms with E-state index in [4.69, 9.17) is 17.3 Å². The minimum absolute atomic E-state index is 0.285. The molecule has 0 saturated carbocycles. The number of benzene rings is 1. The first-order chi connectivity index (χ1) is 9.27. The Hall–Kier alpha value is -1.63. The first kappa shape index (κ1) is 14.8. The van der Waals surface area contributed by atoms with Crippen molar-refractivity contribution < 1.29 is 18.0 Å². The van der Waals surface area contributed by atoms with Crippen LogP contribution in [-0.2, 0) is 4.79 Å². The summed E-state index contributed by atoms with van der Waals surface area (Å²) < 4.78 is 36.5. The number of nitrogens with two attached hydrogens (primary N) is 1. The highest BCUT2D eigenvalue weighted by atomic mass is 35.5. The Morgan fingerprint density at radius 3 is 2.75 bits per heavy atom. The third-order valence-corrected chi connectivity index (χ3v) is 3.35. The molecule has 0 spiro atoms. The zero-order valence-corrected chi connectivity index (χ0v) is 11.1. The highest BCUT2D eigenvalue weighted by molar-refractivity contribution is 6.31. The van der Waals surface area contributed by atoms with Crippen LogP contribution in [0.4, 0.5) is 24.5 Å². The van der Waals surface area contributed by atoms with Crippen molar-refractivity contribution >= 4 is 28.9 Å². The van der Waals surface area contributed by atoms with Crippen LogP contribution in [-0.4, -0.2) is 31.2 Å². The summed E-state index contributed by atoms with van der Waals surface area (Å²) in [7, 11) is 0. The Bertz CT molecular complexity index is 521. The van der Waals surface area contributed by atoms with Gasteiger partial charge in [0, 0.05) is 24.2 Å². The molecule has 1 heterocycles. The normalized spacial score (nSPS) is 19.2. The SMILES string of the molecule is Nc1cc(Cl)ccc1N1CC[C@@H](NC(=O)C(F)(F)F)C1. The second-order valence-electron chi connectivity index (χ2n) is 4.61. The van der Waals surface area contributed by atoms with E-state index in [1.54, 1.807) is 18.2 Å². The van der Waals surface area contributed by atoms with E-state index in [-0.39, 0.29) is 6.54 Å². The van der Waals surface area contributed by atoms with Crippen LogP contribution in [0, 0.1) is 0 Å². The van der Waals surface area contributed by atoms with E-state index >= 15 is 0 Å². The van der Waals surface area contributed by atoms with Gasteiger partial charge >= 0.3 is 12.1 Å². The molecule has 1 aliphatic heterocycles. The van der Waals surface area contributed by atoms with E-state index in [0.717, 1.165) is 0 Å². The summed E-state index contributed by atoms with van der Waals surface area (Å²) in [4.78, 5) is 12.7. The van der Waals surface area contributed by atoms with Gasteiger partial charge in [-0.2, -0.15) is 13.2 Å². The Balaban J connectivity index is 2.00. The molecular weight excluding hydrogens is 295 g/mol. The molecular formula is C12H13ClF3N3O. The molecule has 2 rings (SSSR count). The quantitative estimate of drug-likeness (QED) is 0.823. The van der Waals surface area contributed by atoms with Gasteiger partial charge in [0.05, 0.1) is 11.4 Å². The summed E-state index contributed by atoms with van der Waals surface area (Å²) >= 11 is 5.79. The molecule has 4 nitrogen and oxygen atoms in total. The van der Waals surface area contributed by atoms with E-state index < -0.39 is 18.1 Å². The Morgan fingerprint density at radius 1 is 1.45 bits per heavy atom. The van der Waals surface area contributed by atoms with Gasteiger partial charge in [-0.3, -0.25) is 4.79 Å². The minimum atomic E-state index is -4.85. The number of halogens is 4. The number of rotatable bonds is 2. The van der Waals surface area contributed by atoms with Gasteiger partial charge in [0.1, 0.15) is 0 Å². The summed E-state index contributed by atoms with van der Waals surface area (Å²) in [5.41, 5.74) is 6.99. The predicted octanol–water partition coefficient (Wildman–Crippen LogP) is 2.18. The second kappa shape index (κ2) is 5.40. The molecule has 1 atom stereocenters. The third-order valence-electron chi connectivity index (χ3n) is 3.11. The molecule has 1 aromatic carbocycles. The smallest absolute Gasteiger partial charge is 0.397 e. The van der Waals surface area contributed by atoms with Crippen LogP contribution in [0.3, 0.4) is 0 Å². The largest absolute Gasteiger partial charge is 0.471 e. The summed E-state index contributed by atoms with van der Waals surface area (Å²) in [6, 6.07) is 4.41. The average Bonchev–Trinajstić information content (AvgIpc) is 2.76. The predicted molar refractivity (Wildman–Crippen MR) is 70.7 cm³/mol. The maximum atomic E-state index is 12.2. The molecule has 0 aromatic heterocycles. The Kier molecular flexibility index (Phi) is 3.99. The fraction of sp³-hybridized carbons (Fsp3) is 0.417. The second-order valence-corrected chi connectivity index (χ2v) is 5.04. The molecule has 8 heteroatoms. The van der Waals surface area contributed by atoms with Gasteiger partial charge in [-0.05, 0) is 24.6 Å². The summed E-state index contributed by atoms with van der Waals surface area (Å²) in [5, 5.41) is 2.47. The average molecular weight is 308 g/mol. The number of carbonyl (C=O) groups excluding carboxylic acids is 1. The highest BCUT2D eigenvalue weighted by Gasteiger charge is 2.40. The van der Waals surface area contributed by atoms with Gasteiger partial charge in [0.25, 0.3) is 0 Å². The van der Waals surface area contributed by atoms with Gasteiger partial charge in [0.2, 0.25) is 0 Å². The van der Waals surface area contributed by atoms with Gasteiger partial charge in [-0.1, -0.05) is 11.6 Å². The molecule has 0 unspecified atom stereocenters. The monoisotopic (exact) mass is 307 g/mol. The summed E-state index contributed by atoms with van der Waals surface area (Å²) in [6.45, 7) is 0.808. The molecule has 3 N–H and O–H groups in total. The van der Waals surface area contributed by atoms with Crippen LogP contribution in [0.1, 0.15) is 6.42 Å². The number of amides is 1. The Morgan fingerprint density at radius 2 is 2.15 bits per heavy atom. The van der Waals surface area contributed by atoms with Crippen molar-refractivity contribution in [1.82, 2.24) is 5.32 Å². The van der Waals surface area contributed by atoms with Crippen LogP contribution in [0.2, 0.25) is 5.02 Å². The lowest BCUT2D eigenvalue weighted by atomic mass is 10.2. The maximum Gasteiger partial charge on any atom is 0.471 e. The number of nitrogens with zero attached hydrogens (tertiary/aromatic N) is 1. The van der Waals surface area contributed by atoms with Crippen molar-refractivity contribution in [2.75, 3.05) is 23.7 Å². The van der Waals surface area contributed by atoms with Gasteiger partial charge in [0.15, 0.2) is 0 Å². The minimum Gasteiger partial charge on any atom is -0.397 e. The molecule has 0 aliphatic carbocycles. The lowest BCUT2D eigenvalue weighted by Gasteiger charge is -2.21. The van der Waals surface area contributed by atoms with E-state index in [2.05, 4.69) is 0 Å². The molecule has 0 bridgehead atoms. The molecule has 110 valence electrons. The summed E-state index contributed by atoms with van der Waals surface area (Å²) in [6.07, 6.45) is -4.42. The number of nitrogen functional groups attached to an aromatic ring is 1. The van der Waals surface area contributed by atoms with Crippen LogP contribution >= 0.6 is 11.6 Å². The van der Waals surface area contributed by atoms with Crippen molar-refractivity contribution in [3.05, 3.63) is 23.2 Å². The highest BCUT2D eigenvalue weighted by Crippen LogP contribution is 2.29. The fourth-order valence-corrected chi connectivity index (χ4v) is 2.36. The van der Waals surface area contributed by atoms with Crippen molar-refractivity contribution in [2.45, 2.75) is 18.6 Å². The first-order valence-electron chi connectivity index (χ1n) is 5.95. The molecule has 1 aromatic rings. The lowest BCUT2D eigenvalue weighted by molar-refractivity contribution is -0.174. The molecule has 0 radical (unpaired) electrons. The lowest BCUT2D eigenvalue weighted by Crippen LogP contribution is -2.44. The zero-order valence-electron chi connectivity index (χ0n) is 10.4. The number of hydrogen-bond donors (Lipinski definition) is 2. The summed E-state index contributed by atoms with van der Waals surface area (Å²) in [5.74, 6) is -1.91. The number of anilines is 2. The topological polar surface area (TPSA) is 58.4 Å². The van der Waals surface area contributed by atoms with E-state index in [1.165, 1.54) is 0 Å². The van der Waals surface area contributed by atoms with Gasteiger partial charge in [-0.25, -0.2) is 0 Å². The van der Waals surface area contributed by atoms with Crippen LogP contribution in [0.5, 0.6) is 0 Å². The molecule has 20 heavy (non-hydrogen) atoms. The third kappa shape index (κ3) is 3.27. The molecule has 1 amide bonds. The van der Waals surface area contributed by atoms with E-state index in [1.807, 2.05) is 10.2 Å². The molecule has 1 aliphatic rings. The standard InChI is InChI=1S/C12H13ClF3N3O/c13-7-1-2-10(9(17)5-7)19-4-3-8(6-19)18-11(20)12(14,15)16/h1-2,5,8H,3-4,6,17H2,(H,18,20)/t8-/m1/s1. The Labute approximate surface area is 118 Å². The van der Waals surface area contributed by atoms with Crippen LogP contribution in [0.15, 0.2) is 18.2 Å². The fourth-order valence-electron chi connectivity index (χ4n) is 2.18. The zero-order chi connectivity index (χ0) is 14.9. The maximum absolute atomic E-state index is 12.2. The number of hydrogen-bond acceptors (Lipinski definition) is 3. The van der Waals surface area contributed by atoms with Crippen LogP contribution < -0.4 is 16.0 Å².